The standard InChI is InChI=1S/C18H11NO3.C12H9BO3.C6H4BrNO2/c20-19(21)16-7-3-1-5-13(16)12-9-10-18-15(11-12)14-6-2-4-8-17(14)22-18;14-13(15)8-5-6-12-10(7-8)9-3-1-2-4-11(9)16-12;7-5-3-1-2-4-6(5)8(9)10/h1-11H;1-7,14-15H;1-4H. The number of hydrogen-bond acceptors (Lipinski definition) is 8. The van der Waals surface area contributed by atoms with Crippen LogP contribution in [0.1, 0.15) is 0 Å². The minimum Gasteiger partial charge on any atom is -0.456 e. The molecular weight excluding hydrogens is 679 g/mol. The van der Waals surface area contributed by atoms with Crippen LogP contribution in [-0.2, 0) is 0 Å². The van der Waals surface area contributed by atoms with Gasteiger partial charge in [0.2, 0.25) is 0 Å². The van der Waals surface area contributed by atoms with Gasteiger partial charge in [0, 0.05) is 33.7 Å². The summed E-state index contributed by atoms with van der Waals surface area (Å²) in [6.45, 7) is 0. The van der Waals surface area contributed by atoms with Crippen LogP contribution in [0.15, 0.2) is 147 Å². The van der Waals surface area contributed by atoms with E-state index in [0.717, 1.165) is 49.4 Å². The number of hydrogen-bond donors (Lipinski definition) is 2. The Hall–Kier alpha value is -5.82. The molecule has 0 spiro atoms. The lowest BCUT2D eigenvalue weighted by Crippen LogP contribution is -2.29. The Morgan fingerprint density at radius 2 is 1.02 bits per heavy atom. The molecule has 8 aromatic rings. The molecule has 2 aromatic heterocycles. The summed E-state index contributed by atoms with van der Waals surface area (Å²) in [5.74, 6) is 0. The first kappa shape index (κ1) is 32.1. The predicted molar refractivity (Wildman–Crippen MR) is 190 cm³/mol. The van der Waals surface area contributed by atoms with Crippen LogP contribution < -0.4 is 5.46 Å². The first-order valence-electron chi connectivity index (χ1n) is 14.5. The zero-order valence-electron chi connectivity index (χ0n) is 24.9. The molecule has 0 fully saturated rings. The minimum absolute atomic E-state index is 0.0995. The van der Waals surface area contributed by atoms with Gasteiger partial charge in [0.1, 0.15) is 22.3 Å². The average molecular weight is 703 g/mol. The van der Waals surface area contributed by atoms with Crippen molar-refractivity contribution >= 4 is 83.8 Å². The lowest BCUT2D eigenvalue weighted by atomic mass is 9.80. The fraction of sp³-hybridized carbons (Fsp3) is 0. The largest absolute Gasteiger partial charge is 0.488 e. The Morgan fingerprint density at radius 1 is 0.542 bits per heavy atom. The van der Waals surface area contributed by atoms with Crippen LogP contribution in [0.25, 0.3) is 55.0 Å². The van der Waals surface area contributed by atoms with Crippen LogP contribution in [0, 0.1) is 20.2 Å². The van der Waals surface area contributed by atoms with Crippen LogP contribution in [0.2, 0.25) is 0 Å². The van der Waals surface area contributed by atoms with Gasteiger partial charge >= 0.3 is 7.12 Å². The van der Waals surface area contributed by atoms with Crippen molar-refractivity contribution < 1.29 is 28.7 Å². The molecule has 8 rings (SSSR count). The van der Waals surface area contributed by atoms with Gasteiger partial charge in [-0.1, -0.05) is 78.9 Å². The summed E-state index contributed by atoms with van der Waals surface area (Å²) in [6.07, 6.45) is 0. The number of nitrogens with zero attached hydrogens (tertiary/aromatic N) is 2. The molecule has 0 saturated carbocycles. The van der Waals surface area contributed by atoms with E-state index in [1.165, 1.54) is 12.1 Å². The van der Waals surface area contributed by atoms with E-state index in [1.54, 1.807) is 54.6 Å². The highest BCUT2D eigenvalue weighted by atomic mass is 79.9. The summed E-state index contributed by atoms with van der Waals surface area (Å²) < 4.78 is 11.9. The van der Waals surface area contributed by atoms with Gasteiger partial charge in [0.25, 0.3) is 11.4 Å². The smallest absolute Gasteiger partial charge is 0.456 e. The van der Waals surface area contributed by atoms with E-state index in [0.29, 0.717) is 15.5 Å². The van der Waals surface area contributed by atoms with Gasteiger partial charge in [-0.3, -0.25) is 20.2 Å². The Labute approximate surface area is 281 Å². The topological polar surface area (TPSA) is 153 Å². The van der Waals surface area contributed by atoms with Gasteiger partial charge in [0.05, 0.1) is 19.9 Å². The molecule has 48 heavy (non-hydrogen) atoms. The highest BCUT2D eigenvalue weighted by Gasteiger charge is 2.16. The number of halogens is 1. The second kappa shape index (κ2) is 13.9. The maximum atomic E-state index is 11.2. The number of rotatable bonds is 4. The molecule has 236 valence electrons. The maximum absolute atomic E-state index is 11.2. The number of fused-ring (bicyclic) bond motifs is 6. The van der Waals surface area contributed by atoms with Crippen LogP contribution in [-0.4, -0.2) is 27.0 Å². The van der Waals surface area contributed by atoms with Gasteiger partial charge in [-0.15, -0.1) is 0 Å². The van der Waals surface area contributed by atoms with E-state index in [9.17, 15) is 20.2 Å². The van der Waals surface area contributed by atoms with E-state index in [-0.39, 0.29) is 16.3 Å². The lowest BCUT2D eigenvalue weighted by Gasteiger charge is -2.03. The molecule has 0 aliphatic rings. The quantitative estimate of drug-likeness (QED) is 0.105. The predicted octanol–water partition coefficient (Wildman–Crippen LogP) is 8.78. The van der Waals surface area contributed by atoms with E-state index in [1.807, 2.05) is 66.7 Å². The molecule has 0 bridgehead atoms. The monoisotopic (exact) mass is 702 g/mol. The summed E-state index contributed by atoms with van der Waals surface area (Å²) >= 11 is 3.06. The highest BCUT2D eigenvalue weighted by molar-refractivity contribution is 9.10. The van der Waals surface area contributed by atoms with E-state index < -0.39 is 12.0 Å². The van der Waals surface area contributed by atoms with Crippen molar-refractivity contribution in [2.24, 2.45) is 0 Å². The van der Waals surface area contributed by atoms with Crippen molar-refractivity contribution in [2.75, 3.05) is 0 Å². The molecule has 0 radical (unpaired) electrons. The minimum atomic E-state index is -1.45. The number of furan rings is 2. The molecule has 0 amide bonds. The van der Waals surface area contributed by atoms with Gasteiger partial charge in [0.15, 0.2) is 0 Å². The first-order chi connectivity index (χ1) is 23.2. The summed E-state index contributed by atoms with van der Waals surface area (Å²) in [5, 5.41) is 43.5. The van der Waals surface area contributed by atoms with Crippen LogP contribution in [0.3, 0.4) is 0 Å². The van der Waals surface area contributed by atoms with E-state index in [4.69, 9.17) is 18.9 Å². The first-order valence-corrected chi connectivity index (χ1v) is 15.3. The van der Waals surface area contributed by atoms with Crippen LogP contribution >= 0.6 is 15.9 Å². The summed E-state index contributed by atoms with van der Waals surface area (Å²) in [5.41, 5.74) is 5.26. The molecule has 12 heteroatoms. The third-order valence-electron chi connectivity index (χ3n) is 7.54. The van der Waals surface area contributed by atoms with Gasteiger partial charge in [-0.05, 0) is 69.4 Å². The Morgan fingerprint density at radius 3 is 1.58 bits per heavy atom. The van der Waals surface area contributed by atoms with E-state index >= 15 is 0 Å². The second-order valence-electron chi connectivity index (χ2n) is 10.5. The summed E-state index contributed by atoms with van der Waals surface area (Å²) in [7, 11) is -1.45. The van der Waals surface area contributed by atoms with Gasteiger partial charge < -0.3 is 18.9 Å². The maximum Gasteiger partial charge on any atom is 0.488 e. The third kappa shape index (κ3) is 6.67. The zero-order chi connectivity index (χ0) is 33.8. The van der Waals surface area contributed by atoms with Crippen molar-refractivity contribution in [3.8, 4) is 11.1 Å². The zero-order valence-corrected chi connectivity index (χ0v) is 26.5. The van der Waals surface area contributed by atoms with Crippen LogP contribution in [0.4, 0.5) is 11.4 Å². The van der Waals surface area contributed by atoms with Gasteiger partial charge in [-0.25, -0.2) is 0 Å². The lowest BCUT2D eigenvalue weighted by molar-refractivity contribution is -0.385. The van der Waals surface area contributed by atoms with Crippen molar-refractivity contribution in [1.82, 2.24) is 0 Å². The molecule has 0 atom stereocenters. The Balaban J connectivity index is 0.000000135. The number of nitro benzene ring substituents is 2. The van der Waals surface area contributed by atoms with Gasteiger partial charge in [-0.2, -0.15) is 0 Å². The van der Waals surface area contributed by atoms with Crippen LogP contribution in [0.5, 0.6) is 0 Å². The fourth-order valence-electron chi connectivity index (χ4n) is 5.27. The molecule has 0 saturated heterocycles. The number of para-hydroxylation sites is 4. The van der Waals surface area contributed by atoms with E-state index in [2.05, 4.69) is 15.9 Å². The second-order valence-corrected chi connectivity index (χ2v) is 11.4. The number of nitro groups is 2. The molecule has 0 aliphatic carbocycles. The molecule has 2 heterocycles. The molecule has 2 N–H and O–H groups in total. The molecule has 6 aromatic carbocycles. The normalized spacial score (nSPS) is 10.7. The Kier molecular flexibility index (Phi) is 9.30. The molecule has 0 unspecified atom stereocenters. The van der Waals surface area contributed by atoms with Crippen molar-refractivity contribution in [3.63, 3.8) is 0 Å². The molecule has 0 aliphatic heterocycles. The summed E-state index contributed by atoms with van der Waals surface area (Å²) in [6, 6.07) is 39.5. The fourth-order valence-corrected chi connectivity index (χ4v) is 5.70. The Bertz CT molecular complexity index is 2440. The summed E-state index contributed by atoms with van der Waals surface area (Å²) in [4.78, 5) is 20.6. The average Bonchev–Trinajstić information content (AvgIpc) is 3.66. The van der Waals surface area contributed by atoms with Crippen molar-refractivity contribution in [2.45, 2.75) is 0 Å². The molecular formula is C36H24BBrN2O8. The highest BCUT2D eigenvalue weighted by Crippen LogP contribution is 2.35. The molecule has 10 nitrogen and oxygen atoms in total. The number of benzene rings is 6. The third-order valence-corrected chi connectivity index (χ3v) is 8.21. The van der Waals surface area contributed by atoms with Crippen molar-refractivity contribution in [3.05, 3.63) is 158 Å². The SMILES string of the molecule is O=[N+]([O-])c1ccccc1-c1ccc2oc3ccccc3c2c1.O=[N+]([O-])c1ccccc1Br.OB(O)c1ccc2oc3ccccc3c2c1. The van der Waals surface area contributed by atoms with Crippen molar-refractivity contribution in [1.29, 1.82) is 0 Å².